The fourth-order valence-corrected chi connectivity index (χ4v) is 3.61. The number of rotatable bonds is 0. The second kappa shape index (κ2) is 13.9. The Morgan fingerprint density at radius 2 is 0.938 bits per heavy atom. The minimum atomic E-state index is -0.826. The average molecular weight is 563 g/mol. The van der Waals surface area contributed by atoms with Gasteiger partial charge in [-0.3, -0.25) is 0 Å². The summed E-state index contributed by atoms with van der Waals surface area (Å²) >= 11 is -0.826. The van der Waals surface area contributed by atoms with Gasteiger partial charge < -0.3 is 0 Å². The summed E-state index contributed by atoms with van der Waals surface area (Å²) < 4.78 is 0. The van der Waals surface area contributed by atoms with Gasteiger partial charge in [-0.25, -0.2) is 0 Å². The van der Waals surface area contributed by atoms with Crippen LogP contribution in [0.3, 0.4) is 0 Å². The third-order valence-electron chi connectivity index (χ3n) is 4.98. The molecule has 32 heavy (non-hydrogen) atoms. The van der Waals surface area contributed by atoms with Crippen LogP contribution in [0.25, 0.3) is 21.5 Å². The summed E-state index contributed by atoms with van der Waals surface area (Å²) in [7, 11) is 11.0. The van der Waals surface area contributed by atoms with Crippen molar-refractivity contribution in [1.29, 1.82) is 0 Å². The molecule has 0 aliphatic heterocycles. The fourth-order valence-electron chi connectivity index (χ4n) is 3.61. The number of halogens is 2. The summed E-state index contributed by atoms with van der Waals surface area (Å²) in [5, 5.41) is 5.50. The topological polar surface area (TPSA) is 0 Å². The van der Waals surface area contributed by atoms with Gasteiger partial charge in [0.25, 0.3) is 0 Å². The summed E-state index contributed by atoms with van der Waals surface area (Å²) in [6.45, 7) is 17.9. The molecule has 0 unspecified atom stereocenters. The Bertz CT molecular complexity index is 962. The van der Waals surface area contributed by atoms with E-state index in [4.69, 9.17) is 17.0 Å². The summed E-state index contributed by atoms with van der Waals surface area (Å²) in [4.78, 5) is 0. The van der Waals surface area contributed by atoms with Crippen molar-refractivity contribution in [3.05, 3.63) is 83.9 Å². The minimum absolute atomic E-state index is 0.253. The van der Waals surface area contributed by atoms with Gasteiger partial charge in [0.2, 0.25) is 0 Å². The molecule has 0 atom stereocenters. The van der Waals surface area contributed by atoms with Crippen LogP contribution in [0.1, 0.15) is 52.7 Å². The van der Waals surface area contributed by atoms with Gasteiger partial charge in [-0.2, -0.15) is 0 Å². The Morgan fingerprint density at radius 1 is 0.656 bits per heavy atom. The Labute approximate surface area is 216 Å². The van der Waals surface area contributed by atoms with Crippen LogP contribution in [0.2, 0.25) is 13.1 Å². The van der Waals surface area contributed by atoms with E-state index in [1.54, 1.807) is 0 Å². The molecule has 0 aliphatic carbocycles. The monoisotopic (exact) mass is 560 g/mol. The van der Waals surface area contributed by atoms with E-state index in [0.29, 0.717) is 0 Å². The summed E-state index contributed by atoms with van der Waals surface area (Å²) in [5.41, 5.74) is 3.40. The van der Waals surface area contributed by atoms with Crippen molar-refractivity contribution in [2.24, 2.45) is 0 Å². The molecule has 0 spiro atoms. The average Bonchev–Trinajstić information content (AvgIpc) is 3.34. The van der Waals surface area contributed by atoms with Gasteiger partial charge >= 0.3 is 37.9 Å². The third-order valence-corrected chi connectivity index (χ3v) is 4.98. The Balaban J connectivity index is 0.000000258. The van der Waals surface area contributed by atoms with Gasteiger partial charge in [0.05, 0.1) is 0 Å². The van der Waals surface area contributed by atoms with E-state index in [-0.39, 0.29) is 10.8 Å². The molecule has 4 aromatic carbocycles. The van der Waals surface area contributed by atoms with Gasteiger partial charge in [-0.1, -0.05) is 77.6 Å². The molecule has 170 valence electrons. The number of hydrogen-bond acceptors (Lipinski definition) is 0. The first-order valence-corrected chi connectivity index (χ1v) is 19.2. The van der Waals surface area contributed by atoms with Crippen LogP contribution in [0.5, 0.6) is 0 Å². The third kappa shape index (κ3) is 8.94. The molecule has 4 aromatic rings. The zero-order valence-corrected chi connectivity index (χ0v) is 25.7. The van der Waals surface area contributed by atoms with Gasteiger partial charge in [-0.15, -0.1) is 93.3 Å². The van der Waals surface area contributed by atoms with Crippen LogP contribution in [-0.2, 0) is 31.7 Å². The molecule has 0 saturated heterocycles. The number of fused-ring (bicyclic) bond motifs is 2. The van der Waals surface area contributed by atoms with Crippen molar-refractivity contribution in [2.75, 3.05) is 0 Å². The van der Waals surface area contributed by atoms with E-state index in [2.05, 4.69) is 127 Å². The van der Waals surface area contributed by atoms with Gasteiger partial charge in [0, 0.05) is 9.52 Å². The normalized spacial score (nSPS) is 10.8. The Hall–Kier alpha value is -0.660. The second-order valence-corrected chi connectivity index (χ2v) is 14.5. The molecule has 2 radical (unpaired) electrons. The molecular formula is C28H36Cl2SiZr. The molecule has 0 bridgehead atoms. The Kier molecular flexibility index (Phi) is 12.8. The van der Waals surface area contributed by atoms with E-state index in [0.717, 1.165) is 9.52 Å². The molecule has 0 heterocycles. The van der Waals surface area contributed by atoms with Crippen LogP contribution < -0.4 is 0 Å². The van der Waals surface area contributed by atoms with Crippen LogP contribution >= 0.6 is 17.0 Å². The predicted octanol–water partition coefficient (Wildman–Crippen LogP) is 9.88. The first-order chi connectivity index (χ1) is 15.0. The van der Waals surface area contributed by atoms with E-state index in [9.17, 15) is 0 Å². The predicted molar refractivity (Wildman–Crippen MR) is 146 cm³/mol. The van der Waals surface area contributed by atoms with Crippen LogP contribution in [-0.4, -0.2) is 9.52 Å². The maximum atomic E-state index is 4.93. The van der Waals surface area contributed by atoms with Crippen molar-refractivity contribution in [3.63, 3.8) is 0 Å². The molecule has 0 nitrogen and oxygen atoms in total. The van der Waals surface area contributed by atoms with Gasteiger partial charge in [0.1, 0.15) is 0 Å². The van der Waals surface area contributed by atoms with Crippen molar-refractivity contribution >= 4 is 48.1 Å². The number of benzene rings is 2. The summed E-state index contributed by atoms with van der Waals surface area (Å²) in [6, 6.07) is 26.0. The van der Waals surface area contributed by atoms with Crippen molar-refractivity contribution in [3.8, 4) is 0 Å². The first kappa shape index (κ1) is 29.4. The van der Waals surface area contributed by atoms with E-state index < -0.39 is 20.8 Å². The van der Waals surface area contributed by atoms with E-state index in [1.807, 2.05) is 0 Å². The van der Waals surface area contributed by atoms with E-state index >= 15 is 0 Å². The zero-order chi connectivity index (χ0) is 24.4. The van der Waals surface area contributed by atoms with Crippen molar-refractivity contribution < 1.29 is 20.8 Å². The zero-order valence-electron chi connectivity index (χ0n) is 20.7. The fraction of sp³-hybridized carbons (Fsp3) is 0.357. The number of hydrogen-bond donors (Lipinski definition) is 0. The van der Waals surface area contributed by atoms with Crippen molar-refractivity contribution in [1.82, 2.24) is 0 Å². The van der Waals surface area contributed by atoms with Gasteiger partial charge in [-0.05, 0) is 0 Å². The first-order valence-electron chi connectivity index (χ1n) is 10.9. The van der Waals surface area contributed by atoms with Gasteiger partial charge in [0.15, 0.2) is 0 Å². The molecule has 4 heteroatoms. The van der Waals surface area contributed by atoms with Crippen molar-refractivity contribution in [2.45, 2.75) is 65.5 Å². The molecule has 0 fully saturated rings. The molecule has 0 aromatic heterocycles. The summed E-state index contributed by atoms with van der Waals surface area (Å²) in [6.07, 6.45) is 0. The Morgan fingerprint density at radius 3 is 1.22 bits per heavy atom. The molecule has 0 N–H and O–H groups in total. The molecule has 0 amide bonds. The van der Waals surface area contributed by atoms with Crippen LogP contribution in [0, 0.1) is 0 Å². The maximum absolute atomic E-state index is 4.93. The SMILES string of the molecule is CC(C)(C)c1c[cH-]c2ccccc12.CC(C)(C)c1c[cH-]c2ccccc12.C[Si]C.[Cl][Zr+2][Cl]. The van der Waals surface area contributed by atoms with Crippen LogP contribution in [0.4, 0.5) is 0 Å². The standard InChI is InChI=1S/2C13H15.C2H6Si.2ClH.Zr/c2*1-13(2,3)12-9-8-10-6-4-5-7-11(10)12;1-3-2;;;/h2*4-9H,1-3H3;1-2H3;2*1H;/q2*-1;;;;+4/p-2. The molecule has 0 aliphatic rings. The van der Waals surface area contributed by atoms with Crippen LogP contribution in [0.15, 0.2) is 72.8 Å². The quantitative estimate of drug-likeness (QED) is 0.148. The molecular weight excluding hydrogens is 527 g/mol. The summed E-state index contributed by atoms with van der Waals surface area (Å²) in [5.74, 6) is 0. The van der Waals surface area contributed by atoms with E-state index in [1.165, 1.54) is 32.7 Å². The molecule has 0 saturated carbocycles. The second-order valence-electron chi connectivity index (χ2n) is 9.74. The molecule has 4 rings (SSSR count).